The van der Waals surface area contributed by atoms with Crippen LogP contribution in [-0.2, 0) is 0 Å². The molecule has 1 heterocycles. The summed E-state index contributed by atoms with van der Waals surface area (Å²) in [4.78, 5) is 0. The van der Waals surface area contributed by atoms with Crippen molar-refractivity contribution in [3.63, 3.8) is 0 Å². The molecule has 3 atom stereocenters. The van der Waals surface area contributed by atoms with E-state index in [-0.39, 0.29) is 0 Å². The van der Waals surface area contributed by atoms with Crippen molar-refractivity contribution in [1.82, 2.24) is 0 Å². The van der Waals surface area contributed by atoms with Crippen LogP contribution in [0.2, 0.25) is 0 Å². The number of hydrogen-bond donors (Lipinski definition) is 1. The van der Waals surface area contributed by atoms with Crippen molar-refractivity contribution < 1.29 is 4.74 Å². The third kappa shape index (κ3) is 3.09. The maximum atomic E-state index is 5.86. The highest BCUT2D eigenvalue weighted by molar-refractivity contribution is 5.61. The second-order valence-electron chi connectivity index (χ2n) is 7.38. The lowest BCUT2D eigenvalue weighted by Gasteiger charge is -2.37. The highest BCUT2D eigenvalue weighted by Gasteiger charge is 2.38. The normalized spacial score (nSPS) is 23.5. The number of ether oxygens (including phenoxy) is 1. The van der Waals surface area contributed by atoms with Crippen LogP contribution >= 0.6 is 0 Å². The number of anilines is 1. The molecule has 4 rings (SSSR count). The van der Waals surface area contributed by atoms with Crippen molar-refractivity contribution in [3.05, 3.63) is 83.5 Å². The van der Waals surface area contributed by atoms with E-state index in [1.165, 1.54) is 22.4 Å². The van der Waals surface area contributed by atoms with Gasteiger partial charge in [-0.25, -0.2) is 0 Å². The molecule has 0 saturated carbocycles. The number of benzene rings is 2. The minimum Gasteiger partial charge on any atom is -0.489 e. The van der Waals surface area contributed by atoms with Crippen molar-refractivity contribution in [2.45, 2.75) is 32.2 Å². The average molecular weight is 331 g/mol. The number of nitrogens with one attached hydrogen (secondary N) is 1. The van der Waals surface area contributed by atoms with Crippen LogP contribution in [-0.4, -0.2) is 6.61 Å². The van der Waals surface area contributed by atoms with Crippen LogP contribution in [0.25, 0.3) is 0 Å². The van der Waals surface area contributed by atoms with E-state index in [9.17, 15) is 0 Å². The van der Waals surface area contributed by atoms with Gasteiger partial charge in [-0.2, -0.15) is 0 Å². The van der Waals surface area contributed by atoms with Gasteiger partial charge in [0.2, 0.25) is 0 Å². The van der Waals surface area contributed by atoms with E-state index in [1.807, 2.05) is 6.92 Å². The molecule has 0 radical (unpaired) electrons. The number of allylic oxidation sites excluding steroid dienone is 2. The Hall–Kier alpha value is -2.48. The summed E-state index contributed by atoms with van der Waals surface area (Å²) < 4.78 is 5.86. The Morgan fingerprint density at radius 2 is 2.12 bits per heavy atom. The lowest BCUT2D eigenvalue weighted by atomic mass is 9.77. The maximum absolute atomic E-state index is 5.86. The lowest BCUT2D eigenvalue weighted by Crippen LogP contribution is -2.29. The minimum atomic E-state index is 0.356. The summed E-state index contributed by atoms with van der Waals surface area (Å²) in [6.45, 7) is 8.64. The van der Waals surface area contributed by atoms with Crippen LogP contribution in [0.15, 0.2) is 66.8 Å². The van der Waals surface area contributed by atoms with Gasteiger partial charge in [0.05, 0.1) is 6.04 Å². The number of rotatable bonds is 4. The Labute approximate surface area is 150 Å². The van der Waals surface area contributed by atoms with E-state index in [2.05, 4.69) is 73.4 Å². The molecule has 0 fully saturated rings. The van der Waals surface area contributed by atoms with Gasteiger partial charge in [-0.1, -0.05) is 48.6 Å². The van der Waals surface area contributed by atoms with Crippen LogP contribution in [0.4, 0.5) is 5.69 Å². The molecule has 2 aliphatic rings. The Morgan fingerprint density at radius 3 is 2.92 bits per heavy atom. The molecule has 0 amide bonds. The molecule has 0 aromatic heterocycles. The Morgan fingerprint density at radius 1 is 1.24 bits per heavy atom. The minimum absolute atomic E-state index is 0.356. The molecule has 1 N–H and O–H groups in total. The Bertz CT molecular complexity index is 836. The Balaban J connectivity index is 1.67. The fourth-order valence-corrected chi connectivity index (χ4v) is 4.06. The predicted octanol–water partition coefficient (Wildman–Crippen LogP) is 5.78. The summed E-state index contributed by atoms with van der Waals surface area (Å²) >= 11 is 0. The fourth-order valence-electron chi connectivity index (χ4n) is 4.06. The van der Waals surface area contributed by atoms with Crippen molar-refractivity contribution in [2.75, 3.05) is 11.9 Å². The van der Waals surface area contributed by atoms with E-state index < -0.39 is 0 Å². The van der Waals surface area contributed by atoms with Crippen LogP contribution in [0, 0.1) is 12.8 Å². The molecule has 128 valence electrons. The third-order valence-electron chi connectivity index (χ3n) is 5.22. The number of hydrogen-bond acceptors (Lipinski definition) is 2. The monoisotopic (exact) mass is 331 g/mol. The first-order valence-corrected chi connectivity index (χ1v) is 9.03. The first-order valence-electron chi connectivity index (χ1n) is 9.03. The van der Waals surface area contributed by atoms with Crippen molar-refractivity contribution >= 4 is 5.69 Å². The van der Waals surface area contributed by atoms with E-state index in [0.29, 0.717) is 24.5 Å². The summed E-state index contributed by atoms with van der Waals surface area (Å²) in [6.07, 6.45) is 5.82. The fraction of sp³-hybridized carbons (Fsp3) is 0.304. The molecule has 2 aromatic carbocycles. The second-order valence-corrected chi connectivity index (χ2v) is 7.38. The molecule has 2 nitrogen and oxygen atoms in total. The van der Waals surface area contributed by atoms with Crippen LogP contribution < -0.4 is 10.1 Å². The third-order valence-corrected chi connectivity index (χ3v) is 5.22. The highest BCUT2D eigenvalue weighted by atomic mass is 16.5. The summed E-state index contributed by atoms with van der Waals surface area (Å²) in [6, 6.07) is 15.6. The second kappa shape index (κ2) is 6.44. The number of aryl methyl sites for hydroxylation is 1. The molecule has 2 heteroatoms. The van der Waals surface area contributed by atoms with Crippen molar-refractivity contribution in [2.24, 2.45) is 5.92 Å². The van der Waals surface area contributed by atoms with Gasteiger partial charge in [-0.05, 0) is 61.1 Å². The Kier molecular flexibility index (Phi) is 4.12. The van der Waals surface area contributed by atoms with Gasteiger partial charge in [-0.15, -0.1) is 0 Å². The molecule has 1 aliphatic carbocycles. The van der Waals surface area contributed by atoms with Gasteiger partial charge in [0.25, 0.3) is 0 Å². The first-order chi connectivity index (χ1) is 12.1. The summed E-state index contributed by atoms with van der Waals surface area (Å²) in [5.74, 6) is 1.94. The SMILES string of the molecule is C=C(C)COc1ccc2c(c1)C1C=CCC1C(c1cccc(C)c1)N2. The maximum Gasteiger partial charge on any atom is 0.120 e. The number of fused-ring (bicyclic) bond motifs is 3. The largest absolute Gasteiger partial charge is 0.489 e. The first kappa shape index (κ1) is 16.0. The molecular formula is C23H25NO. The van der Waals surface area contributed by atoms with Gasteiger partial charge in [0.15, 0.2) is 0 Å². The zero-order valence-electron chi connectivity index (χ0n) is 15.0. The molecule has 25 heavy (non-hydrogen) atoms. The van der Waals surface area contributed by atoms with E-state index >= 15 is 0 Å². The molecular weight excluding hydrogens is 306 g/mol. The highest BCUT2D eigenvalue weighted by Crippen LogP contribution is 2.50. The zero-order valence-corrected chi connectivity index (χ0v) is 15.0. The zero-order chi connectivity index (χ0) is 17.4. The van der Waals surface area contributed by atoms with E-state index in [4.69, 9.17) is 4.74 Å². The molecule has 2 aromatic rings. The summed E-state index contributed by atoms with van der Waals surface area (Å²) in [5, 5.41) is 3.79. The van der Waals surface area contributed by atoms with Gasteiger partial charge in [-0.3, -0.25) is 0 Å². The summed E-state index contributed by atoms with van der Waals surface area (Å²) in [5.41, 5.74) is 6.31. The summed E-state index contributed by atoms with van der Waals surface area (Å²) in [7, 11) is 0. The smallest absolute Gasteiger partial charge is 0.120 e. The van der Waals surface area contributed by atoms with Gasteiger partial charge in [0.1, 0.15) is 12.4 Å². The van der Waals surface area contributed by atoms with Gasteiger partial charge < -0.3 is 10.1 Å². The van der Waals surface area contributed by atoms with Gasteiger partial charge >= 0.3 is 0 Å². The standard InChI is InChI=1S/C23H25NO/c1-15(2)14-25-18-10-11-22-21(13-18)19-8-5-9-20(19)23(24-22)17-7-4-6-16(3)12-17/h4-8,10-13,19-20,23-24H,1,9,14H2,2-3H3. The van der Waals surface area contributed by atoms with Crippen LogP contribution in [0.3, 0.4) is 0 Å². The predicted molar refractivity (Wildman–Crippen MR) is 104 cm³/mol. The van der Waals surface area contributed by atoms with E-state index in [1.54, 1.807) is 0 Å². The molecule has 0 spiro atoms. The molecule has 1 aliphatic heterocycles. The molecule has 0 saturated heterocycles. The average Bonchev–Trinajstić information content (AvgIpc) is 3.09. The van der Waals surface area contributed by atoms with Crippen molar-refractivity contribution in [3.8, 4) is 5.75 Å². The quantitative estimate of drug-likeness (QED) is 0.717. The van der Waals surface area contributed by atoms with Crippen LogP contribution in [0.5, 0.6) is 5.75 Å². The molecule has 0 bridgehead atoms. The topological polar surface area (TPSA) is 21.3 Å². The lowest BCUT2D eigenvalue weighted by molar-refractivity contribution is 0.350. The van der Waals surface area contributed by atoms with Crippen molar-refractivity contribution in [1.29, 1.82) is 0 Å². The van der Waals surface area contributed by atoms with E-state index in [0.717, 1.165) is 17.7 Å². The van der Waals surface area contributed by atoms with Gasteiger partial charge in [0, 0.05) is 11.6 Å². The molecule has 3 unspecified atom stereocenters. The van der Waals surface area contributed by atoms with Crippen LogP contribution in [0.1, 0.15) is 42.0 Å².